The van der Waals surface area contributed by atoms with E-state index in [1.165, 1.54) is 0 Å². The molecule has 0 fully saturated rings. The number of hydrogen-bond donors (Lipinski definition) is 0. The zero-order chi connectivity index (χ0) is 14.3. The Bertz CT molecular complexity index is 389. The van der Waals surface area contributed by atoms with Crippen LogP contribution in [-0.4, -0.2) is 21.9 Å². The van der Waals surface area contributed by atoms with Gasteiger partial charge in [0.05, 0.1) is 0 Å². The topological polar surface area (TPSA) is 46.1 Å². The lowest BCUT2D eigenvalue weighted by Crippen LogP contribution is -2.39. The highest BCUT2D eigenvalue weighted by molar-refractivity contribution is 5.92. The SMILES string of the molecule is CCCC(=O)N(c1ncc(CC)cn1)C(C)CCC. The van der Waals surface area contributed by atoms with Crippen molar-refractivity contribution >= 4 is 11.9 Å². The van der Waals surface area contributed by atoms with Crippen molar-refractivity contribution in [1.29, 1.82) is 0 Å². The van der Waals surface area contributed by atoms with E-state index < -0.39 is 0 Å². The molecule has 1 unspecified atom stereocenters. The molecular formula is C15H25N3O. The minimum atomic E-state index is 0.118. The van der Waals surface area contributed by atoms with E-state index in [2.05, 4.69) is 30.7 Å². The maximum atomic E-state index is 12.3. The Labute approximate surface area is 116 Å². The van der Waals surface area contributed by atoms with Crippen molar-refractivity contribution in [3.05, 3.63) is 18.0 Å². The predicted octanol–water partition coefficient (Wildman–Crippen LogP) is 3.36. The maximum absolute atomic E-state index is 12.3. The highest BCUT2D eigenvalue weighted by atomic mass is 16.2. The lowest BCUT2D eigenvalue weighted by molar-refractivity contribution is -0.119. The molecular weight excluding hydrogens is 238 g/mol. The number of amides is 1. The average molecular weight is 263 g/mol. The van der Waals surface area contributed by atoms with Crippen LogP contribution in [-0.2, 0) is 11.2 Å². The van der Waals surface area contributed by atoms with Gasteiger partial charge in [0.2, 0.25) is 11.9 Å². The molecule has 19 heavy (non-hydrogen) atoms. The summed E-state index contributed by atoms with van der Waals surface area (Å²) in [4.78, 5) is 22.7. The molecule has 4 nitrogen and oxygen atoms in total. The fourth-order valence-electron chi connectivity index (χ4n) is 2.09. The summed E-state index contributed by atoms with van der Waals surface area (Å²) in [6, 6.07) is 0.150. The Balaban J connectivity index is 2.96. The first-order chi connectivity index (χ1) is 9.13. The molecule has 1 rings (SSSR count). The van der Waals surface area contributed by atoms with Crippen LogP contribution in [0, 0.1) is 0 Å². The predicted molar refractivity (Wildman–Crippen MR) is 78.2 cm³/mol. The number of rotatable bonds is 7. The van der Waals surface area contributed by atoms with Gasteiger partial charge in [0, 0.05) is 24.9 Å². The van der Waals surface area contributed by atoms with Gasteiger partial charge in [0.1, 0.15) is 0 Å². The van der Waals surface area contributed by atoms with Crippen molar-refractivity contribution in [2.45, 2.75) is 65.8 Å². The summed E-state index contributed by atoms with van der Waals surface area (Å²) in [5.41, 5.74) is 1.09. The molecule has 0 aliphatic rings. The van der Waals surface area contributed by atoms with Gasteiger partial charge in [-0.05, 0) is 31.7 Å². The van der Waals surface area contributed by atoms with Crippen LogP contribution in [0.3, 0.4) is 0 Å². The van der Waals surface area contributed by atoms with Crippen LogP contribution in [0.5, 0.6) is 0 Å². The number of nitrogens with zero attached hydrogens (tertiary/aromatic N) is 3. The summed E-state index contributed by atoms with van der Waals surface area (Å²) in [7, 11) is 0. The molecule has 1 atom stereocenters. The molecule has 1 aromatic rings. The second-order valence-electron chi connectivity index (χ2n) is 4.90. The standard InChI is InChI=1S/C15H25N3O/c1-5-8-12(4)18(14(19)9-6-2)15-16-10-13(7-3)11-17-15/h10-12H,5-9H2,1-4H3. The van der Waals surface area contributed by atoms with E-state index in [1.807, 2.05) is 19.3 Å². The summed E-state index contributed by atoms with van der Waals surface area (Å²) in [5, 5.41) is 0. The normalized spacial score (nSPS) is 12.2. The number of carbonyl (C=O) groups is 1. The van der Waals surface area contributed by atoms with Gasteiger partial charge in [-0.15, -0.1) is 0 Å². The Hall–Kier alpha value is -1.45. The summed E-state index contributed by atoms with van der Waals surface area (Å²) < 4.78 is 0. The first kappa shape index (κ1) is 15.6. The lowest BCUT2D eigenvalue weighted by Gasteiger charge is -2.27. The van der Waals surface area contributed by atoms with Gasteiger partial charge in [-0.2, -0.15) is 0 Å². The molecule has 0 aliphatic heterocycles. The second-order valence-corrected chi connectivity index (χ2v) is 4.90. The van der Waals surface area contributed by atoms with Gasteiger partial charge >= 0.3 is 0 Å². The third kappa shape index (κ3) is 4.30. The summed E-state index contributed by atoms with van der Waals surface area (Å²) >= 11 is 0. The van der Waals surface area contributed by atoms with E-state index in [0.29, 0.717) is 12.4 Å². The molecule has 4 heteroatoms. The number of hydrogen-bond acceptors (Lipinski definition) is 3. The molecule has 1 heterocycles. The molecule has 0 aromatic carbocycles. The number of aromatic nitrogens is 2. The summed E-state index contributed by atoms with van der Waals surface area (Å²) in [6.45, 7) is 8.27. The zero-order valence-electron chi connectivity index (χ0n) is 12.5. The summed E-state index contributed by atoms with van der Waals surface area (Å²) in [6.07, 6.45) is 7.95. The fraction of sp³-hybridized carbons (Fsp3) is 0.667. The van der Waals surface area contributed by atoms with Crippen LogP contribution in [0.15, 0.2) is 12.4 Å². The van der Waals surface area contributed by atoms with Crippen LogP contribution in [0.25, 0.3) is 0 Å². The van der Waals surface area contributed by atoms with Gasteiger partial charge in [0.25, 0.3) is 0 Å². The van der Waals surface area contributed by atoms with Crippen molar-refractivity contribution in [3.63, 3.8) is 0 Å². The van der Waals surface area contributed by atoms with Gasteiger partial charge in [0.15, 0.2) is 0 Å². The highest BCUT2D eigenvalue weighted by Crippen LogP contribution is 2.17. The van der Waals surface area contributed by atoms with Crippen molar-refractivity contribution in [2.24, 2.45) is 0 Å². The molecule has 0 N–H and O–H groups in total. The Morgan fingerprint density at radius 2 is 1.84 bits per heavy atom. The maximum Gasteiger partial charge on any atom is 0.232 e. The van der Waals surface area contributed by atoms with Crippen molar-refractivity contribution in [2.75, 3.05) is 4.90 Å². The molecule has 1 amide bonds. The third-order valence-electron chi connectivity index (χ3n) is 3.20. The van der Waals surface area contributed by atoms with Crippen molar-refractivity contribution < 1.29 is 4.79 Å². The fourth-order valence-corrected chi connectivity index (χ4v) is 2.09. The number of aryl methyl sites for hydroxylation is 1. The zero-order valence-corrected chi connectivity index (χ0v) is 12.5. The average Bonchev–Trinajstić information content (AvgIpc) is 2.40. The third-order valence-corrected chi connectivity index (χ3v) is 3.20. The van der Waals surface area contributed by atoms with E-state index in [0.717, 1.165) is 31.2 Å². The second kappa shape index (κ2) is 7.87. The van der Waals surface area contributed by atoms with Crippen LogP contribution in [0.4, 0.5) is 5.95 Å². The van der Waals surface area contributed by atoms with E-state index in [1.54, 1.807) is 4.90 Å². The van der Waals surface area contributed by atoms with Crippen molar-refractivity contribution in [1.82, 2.24) is 9.97 Å². The van der Waals surface area contributed by atoms with Gasteiger partial charge < -0.3 is 0 Å². The van der Waals surface area contributed by atoms with E-state index in [-0.39, 0.29) is 11.9 Å². The Kier molecular flexibility index (Phi) is 6.46. The molecule has 106 valence electrons. The molecule has 0 spiro atoms. The van der Waals surface area contributed by atoms with Crippen LogP contribution < -0.4 is 4.90 Å². The van der Waals surface area contributed by atoms with E-state index in [4.69, 9.17) is 0 Å². The molecule has 1 aromatic heterocycles. The molecule has 0 saturated heterocycles. The monoisotopic (exact) mass is 263 g/mol. The first-order valence-corrected chi connectivity index (χ1v) is 7.26. The Morgan fingerprint density at radius 1 is 1.21 bits per heavy atom. The summed E-state index contributed by atoms with van der Waals surface area (Å²) in [5.74, 6) is 0.657. The largest absolute Gasteiger partial charge is 0.278 e. The Morgan fingerprint density at radius 3 is 2.32 bits per heavy atom. The molecule has 0 bridgehead atoms. The molecule has 0 aliphatic carbocycles. The van der Waals surface area contributed by atoms with E-state index in [9.17, 15) is 4.79 Å². The molecule has 0 radical (unpaired) electrons. The lowest BCUT2D eigenvalue weighted by atomic mass is 10.1. The van der Waals surface area contributed by atoms with Crippen LogP contribution >= 0.6 is 0 Å². The van der Waals surface area contributed by atoms with Gasteiger partial charge in [-0.1, -0.05) is 27.2 Å². The van der Waals surface area contributed by atoms with E-state index >= 15 is 0 Å². The smallest absolute Gasteiger partial charge is 0.232 e. The quantitative estimate of drug-likeness (QED) is 0.757. The minimum absolute atomic E-state index is 0.118. The van der Waals surface area contributed by atoms with Gasteiger partial charge in [-0.3, -0.25) is 9.69 Å². The number of anilines is 1. The number of carbonyl (C=O) groups excluding carboxylic acids is 1. The first-order valence-electron chi connectivity index (χ1n) is 7.26. The van der Waals surface area contributed by atoms with Crippen molar-refractivity contribution in [3.8, 4) is 0 Å². The minimum Gasteiger partial charge on any atom is -0.278 e. The highest BCUT2D eigenvalue weighted by Gasteiger charge is 2.22. The van der Waals surface area contributed by atoms with Gasteiger partial charge in [-0.25, -0.2) is 9.97 Å². The van der Waals surface area contributed by atoms with Crippen LogP contribution in [0.1, 0.15) is 58.9 Å². The van der Waals surface area contributed by atoms with Crippen LogP contribution in [0.2, 0.25) is 0 Å². The molecule has 0 saturated carbocycles.